The summed E-state index contributed by atoms with van der Waals surface area (Å²) in [5, 5.41) is 0. The lowest BCUT2D eigenvalue weighted by Gasteiger charge is -2.06. The van der Waals surface area contributed by atoms with Crippen LogP contribution < -0.4 is 5.73 Å². The van der Waals surface area contributed by atoms with E-state index in [-0.39, 0.29) is 10.6 Å². The van der Waals surface area contributed by atoms with Crippen LogP contribution in [0.5, 0.6) is 0 Å². The molecule has 0 aliphatic heterocycles. The Hall–Kier alpha value is -1.85. The van der Waals surface area contributed by atoms with Crippen LogP contribution in [0.15, 0.2) is 53.4 Å². The van der Waals surface area contributed by atoms with E-state index in [1.807, 2.05) is 30.3 Å². The van der Waals surface area contributed by atoms with Gasteiger partial charge in [0.2, 0.25) is 0 Å². The first-order chi connectivity index (χ1) is 7.98. The molecule has 2 aromatic rings. The first-order valence-electron chi connectivity index (χ1n) is 4.91. The van der Waals surface area contributed by atoms with Crippen LogP contribution >= 0.6 is 0 Å². The van der Waals surface area contributed by atoms with Crippen LogP contribution in [-0.2, 0) is 10.1 Å². The SMILES string of the molecule is Nc1ccc(-c2ccccc2)cc1S(=O)(=O)O. The number of hydrogen-bond acceptors (Lipinski definition) is 3. The third-order valence-corrected chi connectivity index (χ3v) is 3.31. The Morgan fingerprint density at radius 3 is 2.18 bits per heavy atom. The zero-order chi connectivity index (χ0) is 12.5. The molecule has 0 saturated carbocycles. The van der Waals surface area contributed by atoms with Gasteiger partial charge in [0.15, 0.2) is 0 Å². The van der Waals surface area contributed by atoms with Gasteiger partial charge in [0.25, 0.3) is 10.1 Å². The van der Waals surface area contributed by atoms with E-state index < -0.39 is 10.1 Å². The summed E-state index contributed by atoms with van der Waals surface area (Å²) >= 11 is 0. The molecule has 3 N–H and O–H groups in total. The highest BCUT2D eigenvalue weighted by atomic mass is 32.2. The smallest absolute Gasteiger partial charge is 0.296 e. The van der Waals surface area contributed by atoms with Gasteiger partial charge in [0, 0.05) is 0 Å². The minimum atomic E-state index is -4.29. The Balaban J connectivity index is 2.61. The van der Waals surface area contributed by atoms with E-state index in [2.05, 4.69) is 0 Å². The largest absolute Gasteiger partial charge is 0.398 e. The van der Waals surface area contributed by atoms with Gasteiger partial charge in [0.1, 0.15) is 4.90 Å². The second-order valence-electron chi connectivity index (χ2n) is 3.59. The molecular weight excluding hydrogens is 238 g/mol. The number of benzene rings is 2. The molecular formula is C12H11NO3S. The average molecular weight is 249 g/mol. The summed E-state index contributed by atoms with van der Waals surface area (Å²) in [6.07, 6.45) is 0. The van der Waals surface area contributed by atoms with Crippen LogP contribution in [0, 0.1) is 0 Å². The molecule has 17 heavy (non-hydrogen) atoms. The Bertz CT molecular complexity index is 636. The molecule has 2 aromatic carbocycles. The van der Waals surface area contributed by atoms with Gasteiger partial charge in [0.05, 0.1) is 5.69 Å². The topological polar surface area (TPSA) is 80.4 Å². The summed E-state index contributed by atoms with van der Waals surface area (Å²) in [5.41, 5.74) is 7.10. The lowest BCUT2D eigenvalue weighted by atomic mass is 10.1. The van der Waals surface area contributed by atoms with Crippen molar-refractivity contribution < 1.29 is 13.0 Å². The Morgan fingerprint density at radius 1 is 0.941 bits per heavy atom. The second kappa shape index (κ2) is 4.20. The average Bonchev–Trinajstić information content (AvgIpc) is 2.29. The van der Waals surface area contributed by atoms with E-state index in [1.165, 1.54) is 12.1 Å². The Labute approximate surface area is 99.5 Å². The normalized spacial score (nSPS) is 11.4. The fourth-order valence-electron chi connectivity index (χ4n) is 1.57. The maximum absolute atomic E-state index is 11.1. The molecule has 0 fully saturated rings. The van der Waals surface area contributed by atoms with Gasteiger partial charge in [-0.25, -0.2) is 0 Å². The molecule has 0 bridgehead atoms. The summed E-state index contributed by atoms with van der Waals surface area (Å²) in [5.74, 6) is 0. The highest BCUT2D eigenvalue weighted by Gasteiger charge is 2.14. The number of nitrogens with two attached hydrogens (primary N) is 1. The third-order valence-electron chi connectivity index (χ3n) is 2.40. The molecule has 0 unspecified atom stereocenters. The van der Waals surface area contributed by atoms with Crippen molar-refractivity contribution in [3.8, 4) is 11.1 Å². The molecule has 0 radical (unpaired) electrons. The van der Waals surface area contributed by atoms with Gasteiger partial charge in [-0.3, -0.25) is 4.55 Å². The van der Waals surface area contributed by atoms with Crippen molar-refractivity contribution in [1.82, 2.24) is 0 Å². The monoisotopic (exact) mass is 249 g/mol. The van der Waals surface area contributed by atoms with E-state index >= 15 is 0 Å². The Morgan fingerprint density at radius 2 is 1.59 bits per heavy atom. The van der Waals surface area contributed by atoms with Gasteiger partial charge in [-0.05, 0) is 23.3 Å². The van der Waals surface area contributed by atoms with Crippen molar-refractivity contribution in [3.63, 3.8) is 0 Å². The van der Waals surface area contributed by atoms with Crippen LogP contribution in [0.2, 0.25) is 0 Å². The van der Waals surface area contributed by atoms with Gasteiger partial charge >= 0.3 is 0 Å². The van der Waals surface area contributed by atoms with Crippen LogP contribution in [0.3, 0.4) is 0 Å². The summed E-state index contributed by atoms with van der Waals surface area (Å²) in [6.45, 7) is 0. The van der Waals surface area contributed by atoms with Gasteiger partial charge in [-0.1, -0.05) is 36.4 Å². The second-order valence-corrected chi connectivity index (χ2v) is 4.98. The first kappa shape index (κ1) is 11.6. The highest BCUT2D eigenvalue weighted by molar-refractivity contribution is 7.86. The van der Waals surface area contributed by atoms with E-state index in [0.717, 1.165) is 5.56 Å². The van der Waals surface area contributed by atoms with Crippen LogP contribution in [-0.4, -0.2) is 13.0 Å². The number of anilines is 1. The molecule has 4 nitrogen and oxygen atoms in total. The van der Waals surface area contributed by atoms with Crippen molar-refractivity contribution in [1.29, 1.82) is 0 Å². The predicted octanol–water partition coefficient (Wildman–Crippen LogP) is 2.18. The molecule has 2 rings (SSSR count). The standard InChI is InChI=1S/C12H11NO3S/c13-11-7-6-10(8-12(11)17(14,15)16)9-4-2-1-3-5-9/h1-8H,13H2,(H,14,15,16). The molecule has 0 heterocycles. The lowest BCUT2D eigenvalue weighted by molar-refractivity contribution is 0.483. The van der Waals surface area contributed by atoms with E-state index in [0.29, 0.717) is 5.56 Å². The minimum Gasteiger partial charge on any atom is -0.398 e. The molecule has 0 spiro atoms. The van der Waals surface area contributed by atoms with E-state index in [1.54, 1.807) is 6.07 Å². The van der Waals surface area contributed by atoms with Crippen LogP contribution in [0.4, 0.5) is 5.69 Å². The number of rotatable bonds is 2. The molecule has 5 heteroatoms. The lowest BCUT2D eigenvalue weighted by Crippen LogP contribution is -2.03. The quantitative estimate of drug-likeness (QED) is 0.631. The van der Waals surface area contributed by atoms with Crippen LogP contribution in [0.25, 0.3) is 11.1 Å². The third kappa shape index (κ3) is 2.46. The maximum Gasteiger partial charge on any atom is 0.296 e. The fraction of sp³-hybridized carbons (Fsp3) is 0. The minimum absolute atomic E-state index is 0.0344. The number of hydrogen-bond donors (Lipinski definition) is 2. The highest BCUT2D eigenvalue weighted by Crippen LogP contribution is 2.26. The van der Waals surface area contributed by atoms with Gasteiger partial charge in [-0.2, -0.15) is 8.42 Å². The summed E-state index contributed by atoms with van der Waals surface area (Å²) in [4.78, 5) is -0.265. The van der Waals surface area contributed by atoms with Crippen molar-refractivity contribution in [3.05, 3.63) is 48.5 Å². The summed E-state index contributed by atoms with van der Waals surface area (Å²) < 4.78 is 31.3. The van der Waals surface area contributed by atoms with E-state index in [9.17, 15) is 8.42 Å². The van der Waals surface area contributed by atoms with Crippen molar-refractivity contribution in [2.75, 3.05) is 5.73 Å². The van der Waals surface area contributed by atoms with Gasteiger partial charge in [-0.15, -0.1) is 0 Å². The summed E-state index contributed by atoms with van der Waals surface area (Å²) in [6, 6.07) is 13.8. The van der Waals surface area contributed by atoms with Crippen molar-refractivity contribution in [2.24, 2.45) is 0 Å². The van der Waals surface area contributed by atoms with Crippen molar-refractivity contribution >= 4 is 15.8 Å². The predicted molar refractivity (Wildman–Crippen MR) is 66.1 cm³/mol. The van der Waals surface area contributed by atoms with Crippen molar-refractivity contribution in [2.45, 2.75) is 4.90 Å². The molecule has 0 aliphatic carbocycles. The zero-order valence-corrected chi connectivity index (χ0v) is 9.68. The fourth-order valence-corrected chi connectivity index (χ4v) is 2.21. The summed E-state index contributed by atoms with van der Waals surface area (Å²) in [7, 11) is -4.29. The van der Waals surface area contributed by atoms with Crippen LogP contribution in [0.1, 0.15) is 0 Å². The number of nitrogen functional groups attached to an aromatic ring is 1. The molecule has 0 aromatic heterocycles. The Kier molecular flexibility index (Phi) is 2.87. The van der Waals surface area contributed by atoms with E-state index in [4.69, 9.17) is 10.3 Å². The molecule has 0 saturated heterocycles. The maximum atomic E-state index is 11.1. The van der Waals surface area contributed by atoms with Gasteiger partial charge < -0.3 is 5.73 Å². The first-order valence-corrected chi connectivity index (χ1v) is 6.35. The molecule has 88 valence electrons. The molecule has 0 amide bonds. The molecule has 0 atom stereocenters. The zero-order valence-electron chi connectivity index (χ0n) is 8.87. The molecule has 0 aliphatic rings.